The first-order chi connectivity index (χ1) is 8.06. The van der Waals surface area contributed by atoms with Crippen LogP contribution in [0.3, 0.4) is 0 Å². The Morgan fingerprint density at radius 3 is 2.82 bits per heavy atom. The molecule has 0 amide bonds. The third kappa shape index (κ3) is 1.47. The molecule has 86 valence electrons. The molecule has 2 N–H and O–H groups in total. The zero-order valence-electron chi connectivity index (χ0n) is 8.24. The number of hydrogen-bond acceptors (Lipinski definition) is 2. The first-order valence-electron chi connectivity index (χ1n) is 4.66. The molecule has 1 aromatic carbocycles. The van der Waals surface area contributed by atoms with Crippen molar-refractivity contribution in [1.29, 1.82) is 0 Å². The predicted molar refractivity (Wildman–Crippen MR) is 64.0 cm³/mol. The summed E-state index contributed by atoms with van der Waals surface area (Å²) < 4.78 is 1.53. The lowest BCUT2D eigenvalue weighted by Crippen LogP contribution is -1.97. The number of rotatable bonds is 1. The van der Waals surface area contributed by atoms with Gasteiger partial charge in [-0.1, -0.05) is 23.2 Å². The van der Waals surface area contributed by atoms with Gasteiger partial charge in [-0.05, 0) is 12.1 Å². The van der Waals surface area contributed by atoms with E-state index in [0.29, 0.717) is 26.7 Å². The van der Waals surface area contributed by atoms with E-state index >= 15 is 0 Å². The Morgan fingerprint density at radius 1 is 1.35 bits per heavy atom. The molecule has 0 aliphatic rings. The van der Waals surface area contributed by atoms with Gasteiger partial charge < -0.3 is 5.11 Å². The number of imidazole rings is 1. The molecule has 17 heavy (non-hydrogen) atoms. The molecule has 7 heteroatoms. The van der Waals surface area contributed by atoms with Crippen LogP contribution < -0.4 is 0 Å². The Hall–Kier alpha value is -1.72. The molecule has 0 bridgehead atoms. The molecule has 0 spiro atoms. The maximum absolute atomic E-state index is 10.8. The Balaban J connectivity index is 2.44. The van der Waals surface area contributed by atoms with E-state index in [0.717, 1.165) is 0 Å². The van der Waals surface area contributed by atoms with Gasteiger partial charge in [-0.25, -0.2) is 14.3 Å². The quantitative estimate of drug-likeness (QED) is 0.714. The van der Waals surface area contributed by atoms with Crippen LogP contribution in [-0.4, -0.2) is 25.7 Å². The maximum atomic E-state index is 10.8. The summed E-state index contributed by atoms with van der Waals surface area (Å²) in [5.74, 6) is -1.05. The Bertz CT molecular complexity index is 760. The second kappa shape index (κ2) is 3.38. The summed E-state index contributed by atoms with van der Waals surface area (Å²) in [7, 11) is 0. The summed E-state index contributed by atoms with van der Waals surface area (Å²) in [4.78, 5) is 15.1. The van der Waals surface area contributed by atoms with Crippen LogP contribution in [0.2, 0.25) is 10.0 Å². The van der Waals surface area contributed by atoms with E-state index in [9.17, 15) is 4.79 Å². The highest BCUT2D eigenvalue weighted by Crippen LogP contribution is 2.28. The number of aromatic carboxylic acids is 1. The third-order valence-electron chi connectivity index (χ3n) is 2.43. The Kier molecular flexibility index (Phi) is 2.08. The molecule has 0 saturated carbocycles. The van der Waals surface area contributed by atoms with Crippen molar-refractivity contribution in [2.24, 2.45) is 0 Å². The highest BCUT2D eigenvalue weighted by Gasteiger charge is 2.14. The van der Waals surface area contributed by atoms with Crippen LogP contribution in [0.25, 0.3) is 16.7 Å². The number of halogens is 2. The predicted octanol–water partition coefficient (Wildman–Crippen LogP) is 2.82. The number of carboxylic acid groups (broad SMARTS) is 1. The third-order valence-corrected chi connectivity index (χ3v) is 2.94. The minimum absolute atomic E-state index is 0.0559. The van der Waals surface area contributed by atoms with Gasteiger partial charge >= 0.3 is 5.97 Å². The van der Waals surface area contributed by atoms with Crippen molar-refractivity contribution in [2.45, 2.75) is 0 Å². The highest BCUT2D eigenvalue weighted by molar-refractivity contribution is 6.38. The van der Waals surface area contributed by atoms with Gasteiger partial charge in [-0.2, -0.15) is 0 Å². The number of carboxylic acids is 1. The van der Waals surface area contributed by atoms with Gasteiger partial charge in [0.25, 0.3) is 0 Å². The summed E-state index contributed by atoms with van der Waals surface area (Å²) in [6.07, 6.45) is 0. The molecule has 0 radical (unpaired) electrons. The first-order valence-corrected chi connectivity index (χ1v) is 5.41. The maximum Gasteiger partial charge on any atom is 0.353 e. The number of benzene rings is 1. The number of hydrogen-bond donors (Lipinski definition) is 2. The minimum atomic E-state index is -1.05. The topological polar surface area (TPSA) is 70.4 Å². The van der Waals surface area contributed by atoms with Crippen LogP contribution in [0.1, 0.15) is 10.5 Å². The number of carbonyl (C=O) groups is 1. The summed E-state index contributed by atoms with van der Waals surface area (Å²) in [6.45, 7) is 0. The van der Waals surface area contributed by atoms with Gasteiger partial charge in [-0.15, -0.1) is 0 Å². The van der Waals surface area contributed by atoms with E-state index in [1.54, 1.807) is 12.1 Å². The van der Waals surface area contributed by atoms with Gasteiger partial charge in [0, 0.05) is 11.1 Å². The summed E-state index contributed by atoms with van der Waals surface area (Å²) in [5.41, 5.74) is 1.77. The monoisotopic (exact) mass is 269 g/mol. The second-order valence-corrected chi connectivity index (χ2v) is 4.38. The summed E-state index contributed by atoms with van der Waals surface area (Å²) in [5, 5.41) is 12.5. The largest absolute Gasteiger partial charge is 0.477 e. The molecule has 2 heterocycles. The first kappa shape index (κ1) is 10.4. The fourth-order valence-corrected chi connectivity index (χ4v) is 2.32. The van der Waals surface area contributed by atoms with E-state index in [1.165, 1.54) is 10.6 Å². The van der Waals surface area contributed by atoms with E-state index in [-0.39, 0.29) is 5.69 Å². The summed E-state index contributed by atoms with van der Waals surface area (Å²) in [6, 6.07) is 4.69. The fourth-order valence-electron chi connectivity index (χ4n) is 1.75. The van der Waals surface area contributed by atoms with Crippen LogP contribution in [0.4, 0.5) is 0 Å². The number of H-pyrrole nitrogens is 1. The molecular weight excluding hydrogens is 265 g/mol. The van der Waals surface area contributed by atoms with E-state index in [2.05, 4.69) is 10.1 Å². The number of nitrogens with zero attached hydrogens (tertiary/aromatic N) is 2. The number of fused-ring (bicyclic) bond motifs is 3. The SMILES string of the molecule is O=C(O)c1cc2nc3cc(Cl)cc(Cl)c3n2[nH]1. The number of aromatic nitrogens is 3. The van der Waals surface area contributed by atoms with Gasteiger partial charge in [-0.3, -0.25) is 5.10 Å². The van der Waals surface area contributed by atoms with E-state index in [4.69, 9.17) is 28.3 Å². The van der Waals surface area contributed by atoms with Gasteiger partial charge in [0.1, 0.15) is 11.2 Å². The molecule has 0 aliphatic carbocycles. The molecular formula is C10H5Cl2N3O2. The van der Waals surface area contributed by atoms with Gasteiger partial charge in [0.05, 0.1) is 10.5 Å². The van der Waals surface area contributed by atoms with Crippen molar-refractivity contribution in [3.05, 3.63) is 33.9 Å². The minimum Gasteiger partial charge on any atom is -0.477 e. The van der Waals surface area contributed by atoms with Crippen LogP contribution >= 0.6 is 23.2 Å². The molecule has 3 aromatic rings. The zero-order valence-corrected chi connectivity index (χ0v) is 9.75. The molecule has 2 aromatic heterocycles. The molecule has 0 fully saturated rings. The van der Waals surface area contributed by atoms with Crippen LogP contribution in [0, 0.1) is 0 Å². The lowest BCUT2D eigenvalue weighted by atomic mass is 10.3. The lowest BCUT2D eigenvalue weighted by Gasteiger charge is -1.96. The van der Waals surface area contributed by atoms with Crippen LogP contribution in [-0.2, 0) is 0 Å². The van der Waals surface area contributed by atoms with E-state index < -0.39 is 5.97 Å². The van der Waals surface area contributed by atoms with Crippen molar-refractivity contribution in [3.8, 4) is 0 Å². The highest BCUT2D eigenvalue weighted by atomic mass is 35.5. The average Bonchev–Trinajstić information content (AvgIpc) is 2.72. The standard InChI is InChI=1S/C10H5Cl2N3O2/c11-4-1-5(12)9-6(2-4)13-8-3-7(10(16)17)14-15(8)9/h1-3,14H,(H,16,17). The molecule has 5 nitrogen and oxygen atoms in total. The molecule has 0 atom stereocenters. The van der Waals surface area contributed by atoms with Crippen molar-refractivity contribution in [2.75, 3.05) is 0 Å². The Morgan fingerprint density at radius 2 is 2.12 bits per heavy atom. The van der Waals surface area contributed by atoms with Crippen molar-refractivity contribution >= 4 is 45.9 Å². The lowest BCUT2D eigenvalue weighted by molar-refractivity contribution is 0.0690. The smallest absolute Gasteiger partial charge is 0.353 e. The number of aromatic amines is 1. The average molecular weight is 270 g/mol. The normalized spacial score (nSPS) is 11.4. The Labute approximate surface area is 105 Å². The second-order valence-electron chi connectivity index (χ2n) is 3.54. The fraction of sp³-hybridized carbons (Fsp3) is 0. The van der Waals surface area contributed by atoms with Gasteiger partial charge in [0.15, 0.2) is 5.65 Å². The van der Waals surface area contributed by atoms with Crippen LogP contribution in [0.15, 0.2) is 18.2 Å². The van der Waals surface area contributed by atoms with Crippen molar-refractivity contribution in [3.63, 3.8) is 0 Å². The number of nitrogens with one attached hydrogen (secondary N) is 1. The van der Waals surface area contributed by atoms with Crippen molar-refractivity contribution in [1.82, 2.24) is 14.6 Å². The summed E-state index contributed by atoms with van der Waals surface area (Å²) >= 11 is 11.9. The van der Waals surface area contributed by atoms with E-state index in [1.807, 2.05) is 0 Å². The molecule has 3 rings (SSSR count). The molecule has 0 unspecified atom stereocenters. The van der Waals surface area contributed by atoms with Gasteiger partial charge in [0.2, 0.25) is 0 Å². The zero-order chi connectivity index (χ0) is 12.2. The molecule has 0 saturated heterocycles. The molecule has 0 aliphatic heterocycles. The van der Waals surface area contributed by atoms with Crippen molar-refractivity contribution < 1.29 is 9.90 Å². The van der Waals surface area contributed by atoms with Crippen LogP contribution in [0.5, 0.6) is 0 Å².